The van der Waals surface area contributed by atoms with Gasteiger partial charge in [-0.2, -0.15) is 0 Å². The molecule has 0 saturated heterocycles. The molecule has 0 spiro atoms. The Kier molecular flexibility index (Phi) is 4.14. The Morgan fingerprint density at radius 3 is 2.61 bits per heavy atom. The second-order valence-electron chi connectivity index (χ2n) is 5.92. The molecule has 0 atom stereocenters. The van der Waals surface area contributed by atoms with Crippen LogP contribution < -0.4 is 5.32 Å². The predicted molar refractivity (Wildman–Crippen MR) is 96.2 cm³/mol. The Hall–Kier alpha value is -2.26. The molecule has 2 aromatic carbocycles. The minimum absolute atomic E-state index is 0.0803. The van der Waals surface area contributed by atoms with Crippen LogP contribution in [-0.4, -0.2) is 10.5 Å². The third kappa shape index (κ3) is 3.10. The van der Waals surface area contributed by atoms with Crippen LogP contribution >= 0.6 is 11.6 Å². The lowest BCUT2D eigenvalue weighted by Gasteiger charge is -2.13. The first kappa shape index (κ1) is 15.6. The molecular weight excluding hydrogens is 308 g/mol. The van der Waals surface area contributed by atoms with Gasteiger partial charge in [0.1, 0.15) is 6.54 Å². The fourth-order valence-corrected chi connectivity index (χ4v) is 3.32. The lowest BCUT2D eigenvalue weighted by Crippen LogP contribution is -2.20. The summed E-state index contributed by atoms with van der Waals surface area (Å²) in [5.41, 5.74) is 4.87. The van der Waals surface area contributed by atoms with E-state index >= 15 is 0 Å². The Morgan fingerprint density at radius 2 is 1.87 bits per heavy atom. The van der Waals surface area contributed by atoms with Gasteiger partial charge in [-0.05, 0) is 55.5 Å². The number of fused-ring (bicyclic) bond motifs is 1. The van der Waals surface area contributed by atoms with Crippen LogP contribution in [0.3, 0.4) is 0 Å². The van der Waals surface area contributed by atoms with E-state index in [9.17, 15) is 4.79 Å². The lowest BCUT2D eigenvalue weighted by molar-refractivity contribution is -0.116. The molecule has 0 aliphatic carbocycles. The SMILES string of the molecule is Cc1cc(C)c(NC(=O)Cn2c(C)cc3ccccc32)c(Cl)c1. The fourth-order valence-electron chi connectivity index (χ4n) is 2.95. The molecule has 0 radical (unpaired) electrons. The van der Waals surface area contributed by atoms with Crippen molar-refractivity contribution in [1.29, 1.82) is 0 Å². The zero-order chi connectivity index (χ0) is 16.6. The summed E-state index contributed by atoms with van der Waals surface area (Å²) in [7, 11) is 0. The molecule has 0 fully saturated rings. The van der Waals surface area contributed by atoms with Crippen LogP contribution in [0.5, 0.6) is 0 Å². The number of aryl methyl sites for hydroxylation is 3. The van der Waals surface area contributed by atoms with Crippen LogP contribution in [0, 0.1) is 20.8 Å². The third-order valence-corrected chi connectivity index (χ3v) is 4.31. The summed E-state index contributed by atoms with van der Waals surface area (Å²) in [6.45, 7) is 6.21. The summed E-state index contributed by atoms with van der Waals surface area (Å²) in [5, 5.41) is 4.66. The van der Waals surface area contributed by atoms with E-state index in [1.165, 1.54) is 0 Å². The highest BCUT2D eigenvalue weighted by atomic mass is 35.5. The fraction of sp³-hybridized carbons (Fsp3) is 0.211. The van der Waals surface area contributed by atoms with Crippen molar-refractivity contribution >= 4 is 34.1 Å². The topological polar surface area (TPSA) is 34.0 Å². The summed E-state index contributed by atoms with van der Waals surface area (Å²) in [6, 6.07) is 14.0. The van der Waals surface area contributed by atoms with Gasteiger partial charge >= 0.3 is 0 Å². The van der Waals surface area contributed by atoms with Gasteiger partial charge in [0, 0.05) is 11.2 Å². The number of rotatable bonds is 3. The second kappa shape index (κ2) is 6.09. The van der Waals surface area contributed by atoms with Crippen LogP contribution in [-0.2, 0) is 11.3 Å². The second-order valence-corrected chi connectivity index (χ2v) is 6.32. The molecule has 0 saturated carbocycles. The summed E-state index contributed by atoms with van der Waals surface area (Å²) in [5.74, 6) is -0.0803. The molecule has 3 nitrogen and oxygen atoms in total. The molecule has 0 unspecified atom stereocenters. The average Bonchev–Trinajstić information content (AvgIpc) is 2.79. The summed E-state index contributed by atoms with van der Waals surface area (Å²) in [6.07, 6.45) is 0. The number of carbonyl (C=O) groups excluding carboxylic acids is 1. The molecule has 0 aliphatic heterocycles. The number of amides is 1. The Bertz CT molecular complexity index is 873. The number of halogens is 1. The monoisotopic (exact) mass is 326 g/mol. The van der Waals surface area contributed by atoms with Gasteiger partial charge in [0.2, 0.25) is 5.91 Å². The number of hydrogen-bond donors (Lipinski definition) is 1. The van der Waals surface area contributed by atoms with E-state index in [0.717, 1.165) is 27.7 Å². The van der Waals surface area contributed by atoms with Crippen molar-refractivity contribution < 1.29 is 4.79 Å². The number of nitrogens with one attached hydrogen (secondary N) is 1. The highest BCUT2D eigenvalue weighted by Crippen LogP contribution is 2.27. The maximum Gasteiger partial charge on any atom is 0.244 e. The van der Waals surface area contributed by atoms with Crippen LogP contribution in [0.15, 0.2) is 42.5 Å². The highest BCUT2D eigenvalue weighted by Gasteiger charge is 2.12. The first-order valence-electron chi connectivity index (χ1n) is 7.57. The number of para-hydroxylation sites is 1. The molecule has 23 heavy (non-hydrogen) atoms. The predicted octanol–water partition coefficient (Wildman–Crippen LogP) is 4.86. The van der Waals surface area contributed by atoms with E-state index in [4.69, 9.17) is 11.6 Å². The van der Waals surface area contributed by atoms with Crippen LogP contribution in [0.1, 0.15) is 16.8 Å². The molecule has 1 heterocycles. The number of carbonyl (C=O) groups is 1. The Labute approximate surface area is 140 Å². The van der Waals surface area contributed by atoms with Crippen molar-refractivity contribution in [1.82, 2.24) is 4.57 Å². The number of aromatic nitrogens is 1. The molecule has 1 N–H and O–H groups in total. The third-order valence-electron chi connectivity index (χ3n) is 4.02. The molecule has 4 heteroatoms. The van der Waals surface area contributed by atoms with Gasteiger partial charge in [0.15, 0.2) is 0 Å². The van der Waals surface area contributed by atoms with E-state index in [1.54, 1.807) is 0 Å². The molecule has 1 aromatic heterocycles. The standard InChI is InChI=1S/C19H19ClN2O/c1-12-8-13(2)19(16(20)9-12)21-18(23)11-22-14(3)10-15-6-4-5-7-17(15)22/h4-10H,11H2,1-3H3,(H,21,23). The van der Waals surface area contributed by atoms with Gasteiger partial charge < -0.3 is 9.88 Å². The van der Waals surface area contributed by atoms with Gasteiger partial charge in [0.25, 0.3) is 0 Å². The quantitative estimate of drug-likeness (QED) is 0.732. The van der Waals surface area contributed by atoms with E-state index in [0.29, 0.717) is 10.7 Å². The highest BCUT2D eigenvalue weighted by molar-refractivity contribution is 6.34. The van der Waals surface area contributed by atoms with Gasteiger partial charge in [0.05, 0.1) is 10.7 Å². The average molecular weight is 327 g/mol. The minimum atomic E-state index is -0.0803. The first-order chi connectivity index (χ1) is 11.0. The van der Waals surface area contributed by atoms with Crippen LogP contribution in [0.25, 0.3) is 10.9 Å². The van der Waals surface area contributed by atoms with E-state index in [1.807, 2.05) is 55.7 Å². The minimum Gasteiger partial charge on any atom is -0.335 e. The zero-order valence-electron chi connectivity index (χ0n) is 13.5. The lowest BCUT2D eigenvalue weighted by atomic mass is 10.1. The van der Waals surface area contributed by atoms with Crippen molar-refractivity contribution in [3.63, 3.8) is 0 Å². The van der Waals surface area contributed by atoms with E-state index in [-0.39, 0.29) is 12.5 Å². The number of benzene rings is 2. The van der Waals surface area contributed by atoms with Crippen molar-refractivity contribution in [3.05, 3.63) is 64.3 Å². The number of nitrogens with zero attached hydrogens (tertiary/aromatic N) is 1. The molecular formula is C19H19ClN2O. The van der Waals surface area contributed by atoms with Gasteiger partial charge in [-0.1, -0.05) is 35.9 Å². The van der Waals surface area contributed by atoms with Gasteiger partial charge in [-0.25, -0.2) is 0 Å². The van der Waals surface area contributed by atoms with Crippen molar-refractivity contribution in [2.24, 2.45) is 0 Å². The van der Waals surface area contributed by atoms with Crippen LogP contribution in [0.2, 0.25) is 5.02 Å². The molecule has 0 aliphatic rings. The Balaban J connectivity index is 1.86. The summed E-state index contributed by atoms with van der Waals surface area (Å²) < 4.78 is 2.02. The largest absolute Gasteiger partial charge is 0.335 e. The summed E-state index contributed by atoms with van der Waals surface area (Å²) in [4.78, 5) is 12.5. The number of hydrogen-bond acceptors (Lipinski definition) is 1. The van der Waals surface area contributed by atoms with Crippen molar-refractivity contribution in [2.45, 2.75) is 27.3 Å². The number of anilines is 1. The smallest absolute Gasteiger partial charge is 0.244 e. The maximum absolute atomic E-state index is 12.5. The van der Waals surface area contributed by atoms with Crippen molar-refractivity contribution in [2.75, 3.05) is 5.32 Å². The van der Waals surface area contributed by atoms with E-state index < -0.39 is 0 Å². The summed E-state index contributed by atoms with van der Waals surface area (Å²) >= 11 is 6.27. The normalized spacial score (nSPS) is 11.0. The molecule has 3 rings (SSSR count). The van der Waals surface area contributed by atoms with E-state index in [2.05, 4.69) is 17.4 Å². The van der Waals surface area contributed by atoms with Gasteiger partial charge in [-0.3, -0.25) is 4.79 Å². The van der Waals surface area contributed by atoms with Crippen LogP contribution in [0.4, 0.5) is 5.69 Å². The maximum atomic E-state index is 12.5. The molecule has 0 bridgehead atoms. The zero-order valence-corrected chi connectivity index (χ0v) is 14.2. The van der Waals surface area contributed by atoms with Crippen molar-refractivity contribution in [3.8, 4) is 0 Å². The molecule has 1 amide bonds. The molecule has 118 valence electrons. The first-order valence-corrected chi connectivity index (χ1v) is 7.95. The Morgan fingerprint density at radius 1 is 1.13 bits per heavy atom. The molecule has 3 aromatic rings. The van der Waals surface area contributed by atoms with Gasteiger partial charge in [-0.15, -0.1) is 0 Å².